The summed E-state index contributed by atoms with van der Waals surface area (Å²) in [5.41, 5.74) is 1.28. The molecule has 1 aromatic carbocycles. The Labute approximate surface area is 118 Å². The molecule has 1 aromatic rings. The van der Waals surface area contributed by atoms with E-state index in [4.69, 9.17) is 4.74 Å². The third-order valence-electron chi connectivity index (χ3n) is 3.46. The van der Waals surface area contributed by atoms with Gasteiger partial charge in [0.2, 0.25) is 0 Å². The Balaban J connectivity index is 1.91. The monoisotopic (exact) mass is 311 g/mol. The van der Waals surface area contributed by atoms with E-state index in [1.54, 1.807) is 0 Å². The minimum absolute atomic E-state index is 0.490. The first kappa shape index (κ1) is 13.9. The largest absolute Gasteiger partial charge is 0.492 e. The van der Waals surface area contributed by atoms with E-state index in [1.165, 1.54) is 31.5 Å². The highest BCUT2D eigenvalue weighted by atomic mass is 79.9. The van der Waals surface area contributed by atoms with Gasteiger partial charge in [-0.2, -0.15) is 0 Å². The Kier molecular flexibility index (Phi) is 5.07. The molecule has 0 aliphatic carbocycles. The Morgan fingerprint density at radius 2 is 2.00 bits per heavy atom. The van der Waals surface area contributed by atoms with Crippen molar-refractivity contribution in [1.82, 2.24) is 4.90 Å². The summed E-state index contributed by atoms with van der Waals surface area (Å²) < 4.78 is 7.08. The Hall–Kier alpha value is -0.540. The first-order valence-electron chi connectivity index (χ1n) is 6.81. The Morgan fingerprint density at radius 3 is 2.67 bits per heavy atom. The second kappa shape index (κ2) is 6.58. The van der Waals surface area contributed by atoms with Gasteiger partial charge in [-0.05, 0) is 55.6 Å². The van der Waals surface area contributed by atoms with Crippen LogP contribution in [-0.4, -0.2) is 31.1 Å². The van der Waals surface area contributed by atoms with E-state index in [0.717, 1.165) is 23.4 Å². The van der Waals surface area contributed by atoms with Crippen molar-refractivity contribution in [3.63, 3.8) is 0 Å². The van der Waals surface area contributed by atoms with E-state index >= 15 is 0 Å². The van der Waals surface area contributed by atoms with Gasteiger partial charge in [-0.3, -0.25) is 4.90 Å². The fourth-order valence-corrected chi connectivity index (χ4v) is 2.77. The standard InChI is InChI=1S/C15H22BrNO/c1-12(2)14-11-13(16)5-6-15(14)18-10-9-17-7-3-4-8-17/h5-6,11-12H,3-4,7-10H2,1-2H3. The van der Waals surface area contributed by atoms with Crippen LogP contribution in [0.1, 0.15) is 38.2 Å². The van der Waals surface area contributed by atoms with Crippen LogP contribution in [0.15, 0.2) is 22.7 Å². The molecule has 0 unspecified atom stereocenters. The molecule has 0 spiro atoms. The van der Waals surface area contributed by atoms with Crippen LogP contribution in [0.5, 0.6) is 5.75 Å². The molecular formula is C15H22BrNO. The number of hydrogen-bond donors (Lipinski definition) is 0. The molecule has 1 heterocycles. The first-order valence-corrected chi connectivity index (χ1v) is 7.60. The molecule has 0 atom stereocenters. The van der Waals surface area contributed by atoms with Crippen molar-refractivity contribution in [3.05, 3.63) is 28.2 Å². The highest BCUT2D eigenvalue weighted by Gasteiger charge is 2.12. The van der Waals surface area contributed by atoms with E-state index in [0.29, 0.717) is 5.92 Å². The molecule has 1 fully saturated rings. The number of rotatable bonds is 5. The van der Waals surface area contributed by atoms with E-state index < -0.39 is 0 Å². The van der Waals surface area contributed by atoms with Crippen molar-refractivity contribution in [2.24, 2.45) is 0 Å². The molecule has 0 amide bonds. The van der Waals surface area contributed by atoms with Crippen molar-refractivity contribution < 1.29 is 4.74 Å². The molecule has 100 valence electrons. The van der Waals surface area contributed by atoms with Crippen LogP contribution in [0.3, 0.4) is 0 Å². The summed E-state index contributed by atoms with van der Waals surface area (Å²) in [5.74, 6) is 1.52. The smallest absolute Gasteiger partial charge is 0.122 e. The fraction of sp³-hybridized carbons (Fsp3) is 0.600. The highest BCUT2D eigenvalue weighted by Crippen LogP contribution is 2.29. The predicted octanol–water partition coefficient (Wildman–Crippen LogP) is 4.05. The van der Waals surface area contributed by atoms with Crippen molar-refractivity contribution in [2.75, 3.05) is 26.2 Å². The molecule has 18 heavy (non-hydrogen) atoms. The van der Waals surface area contributed by atoms with Gasteiger partial charge in [-0.25, -0.2) is 0 Å². The fourth-order valence-electron chi connectivity index (χ4n) is 2.39. The molecule has 0 aromatic heterocycles. The quantitative estimate of drug-likeness (QED) is 0.813. The second-order valence-corrected chi connectivity index (χ2v) is 6.15. The van der Waals surface area contributed by atoms with Crippen LogP contribution in [0.2, 0.25) is 0 Å². The van der Waals surface area contributed by atoms with Crippen molar-refractivity contribution in [3.8, 4) is 5.75 Å². The summed E-state index contributed by atoms with van der Waals surface area (Å²) in [4.78, 5) is 2.48. The number of halogens is 1. The maximum Gasteiger partial charge on any atom is 0.122 e. The molecule has 2 nitrogen and oxygen atoms in total. The minimum Gasteiger partial charge on any atom is -0.492 e. The molecule has 0 radical (unpaired) electrons. The lowest BCUT2D eigenvalue weighted by Crippen LogP contribution is -2.25. The van der Waals surface area contributed by atoms with Crippen LogP contribution in [-0.2, 0) is 0 Å². The average Bonchev–Trinajstić information content (AvgIpc) is 2.84. The van der Waals surface area contributed by atoms with Crippen LogP contribution in [0.4, 0.5) is 0 Å². The van der Waals surface area contributed by atoms with Gasteiger partial charge in [0.1, 0.15) is 12.4 Å². The molecule has 0 bridgehead atoms. The van der Waals surface area contributed by atoms with Crippen molar-refractivity contribution >= 4 is 15.9 Å². The molecule has 1 aliphatic rings. The minimum atomic E-state index is 0.490. The summed E-state index contributed by atoms with van der Waals surface area (Å²) >= 11 is 3.52. The van der Waals surface area contributed by atoms with E-state index in [2.05, 4.69) is 52.9 Å². The van der Waals surface area contributed by atoms with E-state index in [1.807, 2.05) is 0 Å². The summed E-state index contributed by atoms with van der Waals surface area (Å²) in [6.07, 6.45) is 2.69. The molecular weight excluding hydrogens is 290 g/mol. The summed E-state index contributed by atoms with van der Waals surface area (Å²) in [7, 11) is 0. The zero-order valence-electron chi connectivity index (χ0n) is 11.3. The van der Waals surface area contributed by atoms with Gasteiger partial charge in [-0.15, -0.1) is 0 Å². The van der Waals surface area contributed by atoms with Crippen LogP contribution >= 0.6 is 15.9 Å². The van der Waals surface area contributed by atoms with Crippen molar-refractivity contribution in [2.45, 2.75) is 32.6 Å². The number of ether oxygens (including phenoxy) is 1. The summed E-state index contributed by atoms with van der Waals surface area (Å²) in [6.45, 7) is 8.72. The third-order valence-corrected chi connectivity index (χ3v) is 3.95. The van der Waals surface area contributed by atoms with Crippen LogP contribution < -0.4 is 4.74 Å². The lowest BCUT2D eigenvalue weighted by molar-refractivity contribution is 0.236. The van der Waals surface area contributed by atoms with Gasteiger partial charge >= 0.3 is 0 Å². The number of nitrogens with zero attached hydrogens (tertiary/aromatic N) is 1. The second-order valence-electron chi connectivity index (χ2n) is 5.23. The summed E-state index contributed by atoms with van der Waals surface area (Å²) in [5, 5.41) is 0. The molecule has 2 rings (SSSR count). The zero-order chi connectivity index (χ0) is 13.0. The summed E-state index contributed by atoms with van der Waals surface area (Å²) in [6, 6.07) is 6.29. The zero-order valence-corrected chi connectivity index (χ0v) is 12.9. The maximum atomic E-state index is 5.95. The Morgan fingerprint density at radius 1 is 1.28 bits per heavy atom. The molecule has 1 saturated heterocycles. The van der Waals surface area contributed by atoms with Gasteiger partial charge in [0.25, 0.3) is 0 Å². The van der Waals surface area contributed by atoms with Gasteiger partial charge in [0.15, 0.2) is 0 Å². The maximum absolute atomic E-state index is 5.95. The lowest BCUT2D eigenvalue weighted by Gasteiger charge is -2.18. The predicted molar refractivity (Wildman–Crippen MR) is 79.4 cm³/mol. The molecule has 0 saturated carbocycles. The van der Waals surface area contributed by atoms with Crippen LogP contribution in [0.25, 0.3) is 0 Å². The highest BCUT2D eigenvalue weighted by molar-refractivity contribution is 9.10. The SMILES string of the molecule is CC(C)c1cc(Br)ccc1OCCN1CCCC1. The van der Waals surface area contributed by atoms with Crippen LogP contribution in [0, 0.1) is 0 Å². The first-order chi connectivity index (χ1) is 8.66. The lowest BCUT2D eigenvalue weighted by atomic mass is 10.0. The van der Waals surface area contributed by atoms with Crippen molar-refractivity contribution in [1.29, 1.82) is 0 Å². The van der Waals surface area contributed by atoms with Gasteiger partial charge in [0.05, 0.1) is 0 Å². The Bertz CT molecular complexity index is 386. The number of hydrogen-bond acceptors (Lipinski definition) is 2. The topological polar surface area (TPSA) is 12.5 Å². The number of benzene rings is 1. The average molecular weight is 312 g/mol. The molecule has 1 aliphatic heterocycles. The third kappa shape index (κ3) is 3.72. The normalized spacial score (nSPS) is 16.4. The van der Waals surface area contributed by atoms with Gasteiger partial charge < -0.3 is 4.74 Å². The van der Waals surface area contributed by atoms with E-state index in [9.17, 15) is 0 Å². The molecule has 3 heteroatoms. The number of likely N-dealkylation sites (tertiary alicyclic amines) is 1. The van der Waals surface area contributed by atoms with E-state index in [-0.39, 0.29) is 0 Å². The van der Waals surface area contributed by atoms with Gasteiger partial charge in [-0.1, -0.05) is 29.8 Å². The molecule has 0 N–H and O–H groups in total. The van der Waals surface area contributed by atoms with Gasteiger partial charge in [0, 0.05) is 11.0 Å².